The Morgan fingerprint density at radius 1 is 1.25 bits per heavy atom. The fraction of sp³-hybridized carbons (Fsp3) is 0.500. The van der Waals surface area contributed by atoms with Crippen molar-refractivity contribution in [2.75, 3.05) is 0 Å². The van der Waals surface area contributed by atoms with Crippen molar-refractivity contribution in [2.45, 2.75) is 70.1 Å². The Morgan fingerprint density at radius 3 is 2.92 bits per heavy atom. The third-order valence-electron chi connectivity index (χ3n) is 7.41. The zero-order valence-corrected chi connectivity index (χ0v) is 15.1. The lowest BCUT2D eigenvalue weighted by Crippen LogP contribution is -2.35. The predicted molar refractivity (Wildman–Crippen MR) is 103 cm³/mol. The molecule has 5 rings (SSSR count). The van der Waals surface area contributed by atoms with E-state index in [2.05, 4.69) is 50.3 Å². The van der Waals surface area contributed by atoms with Gasteiger partial charge in [0.25, 0.3) is 0 Å². The molecule has 0 saturated heterocycles. The molecule has 0 nitrogen and oxygen atoms in total. The summed E-state index contributed by atoms with van der Waals surface area (Å²) in [5, 5.41) is 3.00. The SMILES string of the molecule is CCC(C)c1cccc2cc3c(cc12)C1(CCC3)CC2=CCC1C2. The van der Waals surface area contributed by atoms with Gasteiger partial charge in [-0.3, -0.25) is 0 Å². The first-order valence-electron chi connectivity index (χ1n) is 9.95. The quantitative estimate of drug-likeness (QED) is 0.543. The largest absolute Gasteiger partial charge is 0.0850 e. The van der Waals surface area contributed by atoms with Gasteiger partial charge in [-0.05, 0) is 84.2 Å². The van der Waals surface area contributed by atoms with Gasteiger partial charge in [0.1, 0.15) is 0 Å². The first-order chi connectivity index (χ1) is 11.7. The first kappa shape index (κ1) is 14.8. The van der Waals surface area contributed by atoms with Crippen LogP contribution < -0.4 is 0 Å². The highest BCUT2D eigenvalue weighted by Crippen LogP contribution is 2.59. The topological polar surface area (TPSA) is 0 Å². The third kappa shape index (κ3) is 1.92. The summed E-state index contributed by atoms with van der Waals surface area (Å²) in [7, 11) is 0. The number of fused-ring (bicyclic) bond motifs is 6. The smallest absolute Gasteiger partial charge is 0.00274 e. The maximum atomic E-state index is 2.63. The molecular formula is C24H28. The van der Waals surface area contributed by atoms with Gasteiger partial charge in [0.05, 0.1) is 0 Å². The lowest BCUT2D eigenvalue weighted by atomic mass is 9.62. The van der Waals surface area contributed by atoms with E-state index in [1.807, 2.05) is 0 Å². The molecule has 0 aromatic heterocycles. The van der Waals surface area contributed by atoms with Crippen LogP contribution in [0.4, 0.5) is 0 Å². The standard InChI is InChI=1S/C24H28/c1-3-16(2)21-8-4-6-18-13-19-7-5-11-24(23(19)14-22(18)21)15-17-9-10-20(24)12-17/h4,6,8-9,13-14,16,20H,3,5,7,10-12,15H2,1-2H3. The van der Waals surface area contributed by atoms with Crippen molar-refractivity contribution in [3.05, 3.63) is 58.7 Å². The van der Waals surface area contributed by atoms with E-state index in [4.69, 9.17) is 0 Å². The van der Waals surface area contributed by atoms with Gasteiger partial charge in [-0.1, -0.05) is 55.8 Å². The lowest BCUT2D eigenvalue weighted by Gasteiger charge is -2.42. The molecule has 3 aliphatic rings. The van der Waals surface area contributed by atoms with Crippen LogP contribution in [0.1, 0.15) is 75.0 Å². The van der Waals surface area contributed by atoms with Crippen LogP contribution in [-0.2, 0) is 11.8 Å². The van der Waals surface area contributed by atoms with Crippen molar-refractivity contribution >= 4 is 10.8 Å². The van der Waals surface area contributed by atoms with E-state index in [0.717, 1.165) is 5.92 Å². The Morgan fingerprint density at radius 2 is 2.17 bits per heavy atom. The monoisotopic (exact) mass is 316 g/mol. The predicted octanol–water partition coefficient (Wildman–Crippen LogP) is 6.67. The second kappa shape index (κ2) is 5.22. The van der Waals surface area contributed by atoms with Crippen LogP contribution in [0.25, 0.3) is 10.8 Å². The van der Waals surface area contributed by atoms with Crippen molar-refractivity contribution in [1.29, 1.82) is 0 Å². The van der Waals surface area contributed by atoms with E-state index < -0.39 is 0 Å². The van der Waals surface area contributed by atoms with Crippen LogP contribution in [0.3, 0.4) is 0 Å². The van der Waals surface area contributed by atoms with Crippen LogP contribution in [0, 0.1) is 5.92 Å². The fourth-order valence-electron chi connectivity index (χ4n) is 5.96. The van der Waals surface area contributed by atoms with E-state index in [-0.39, 0.29) is 0 Å². The van der Waals surface area contributed by atoms with Crippen molar-refractivity contribution in [1.82, 2.24) is 0 Å². The van der Waals surface area contributed by atoms with Gasteiger partial charge in [0.15, 0.2) is 0 Å². The van der Waals surface area contributed by atoms with Gasteiger partial charge >= 0.3 is 0 Å². The minimum Gasteiger partial charge on any atom is -0.0850 e. The van der Waals surface area contributed by atoms with Gasteiger partial charge < -0.3 is 0 Å². The zero-order chi connectivity index (χ0) is 16.3. The number of aryl methyl sites for hydroxylation is 1. The molecular weight excluding hydrogens is 288 g/mol. The summed E-state index contributed by atoms with van der Waals surface area (Å²) in [5.74, 6) is 1.54. The van der Waals surface area contributed by atoms with Crippen LogP contribution in [0.15, 0.2) is 42.0 Å². The highest BCUT2D eigenvalue weighted by molar-refractivity contribution is 5.88. The Kier molecular flexibility index (Phi) is 3.21. The Bertz CT molecular complexity index is 840. The average molecular weight is 316 g/mol. The second-order valence-corrected chi connectivity index (χ2v) is 8.57. The summed E-state index contributed by atoms with van der Waals surface area (Å²) in [4.78, 5) is 0. The summed E-state index contributed by atoms with van der Waals surface area (Å²) in [6.07, 6.45) is 11.9. The molecule has 0 heteroatoms. The Labute approximate surface area is 146 Å². The lowest BCUT2D eigenvalue weighted by molar-refractivity contribution is 0.270. The summed E-state index contributed by atoms with van der Waals surface area (Å²) in [6, 6.07) is 12.1. The molecule has 1 fully saturated rings. The van der Waals surface area contributed by atoms with E-state index in [9.17, 15) is 0 Å². The molecule has 2 aromatic carbocycles. The number of benzene rings is 2. The Balaban J connectivity index is 1.74. The summed E-state index contributed by atoms with van der Waals surface area (Å²) < 4.78 is 0. The van der Waals surface area contributed by atoms with E-state index in [0.29, 0.717) is 11.3 Å². The molecule has 1 saturated carbocycles. The van der Waals surface area contributed by atoms with Crippen LogP contribution in [0.2, 0.25) is 0 Å². The van der Waals surface area contributed by atoms with Crippen LogP contribution >= 0.6 is 0 Å². The van der Waals surface area contributed by atoms with E-state index in [1.165, 1.54) is 55.7 Å². The summed E-state index contributed by atoms with van der Waals surface area (Å²) in [6.45, 7) is 4.69. The molecule has 1 spiro atoms. The van der Waals surface area contributed by atoms with Crippen LogP contribution in [0.5, 0.6) is 0 Å². The first-order valence-corrected chi connectivity index (χ1v) is 9.95. The van der Waals surface area contributed by atoms with Gasteiger partial charge in [0.2, 0.25) is 0 Å². The molecule has 0 aliphatic heterocycles. The molecule has 24 heavy (non-hydrogen) atoms. The Hall–Kier alpha value is -1.56. The number of allylic oxidation sites excluding steroid dienone is 2. The summed E-state index contributed by atoms with van der Waals surface area (Å²) in [5.41, 5.74) is 7.17. The highest BCUT2D eigenvalue weighted by atomic mass is 14.5. The average Bonchev–Trinajstić information content (AvgIpc) is 3.21. The van der Waals surface area contributed by atoms with Gasteiger partial charge in [-0.25, -0.2) is 0 Å². The molecule has 3 atom stereocenters. The van der Waals surface area contributed by atoms with Crippen molar-refractivity contribution in [3.8, 4) is 0 Å². The van der Waals surface area contributed by atoms with Gasteiger partial charge in [-0.15, -0.1) is 0 Å². The van der Waals surface area contributed by atoms with Crippen molar-refractivity contribution in [3.63, 3.8) is 0 Å². The number of hydrogen-bond acceptors (Lipinski definition) is 0. The maximum Gasteiger partial charge on any atom is 0.00274 e. The maximum absolute atomic E-state index is 2.63. The molecule has 3 unspecified atom stereocenters. The third-order valence-corrected chi connectivity index (χ3v) is 7.41. The van der Waals surface area contributed by atoms with Gasteiger partial charge in [-0.2, -0.15) is 0 Å². The molecule has 124 valence electrons. The van der Waals surface area contributed by atoms with Crippen LogP contribution in [-0.4, -0.2) is 0 Å². The number of rotatable bonds is 2. The molecule has 0 amide bonds. The van der Waals surface area contributed by atoms with Crippen molar-refractivity contribution < 1.29 is 0 Å². The minimum absolute atomic E-state index is 0.481. The highest BCUT2D eigenvalue weighted by Gasteiger charge is 2.49. The second-order valence-electron chi connectivity index (χ2n) is 8.57. The minimum atomic E-state index is 0.481. The van der Waals surface area contributed by atoms with E-state index >= 15 is 0 Å². The molecule has 0 N–H and O–H groups in total. The fourth-order valence-corrected chi connectivity index (χ4v) is 5.96. The molecule has 2 aromatic rings. The molecule has 0 radical (unpaired) electrons. The van der Waals surface area contributed by atoms with Gasteiger partial charge in [0, 0.05) is 5.41 Å². The van der Waals surface area contributed by atoms with Crippen molar-refractivity contribution in [2.24, 2.45) is 5.92 Å². The molecule has 2 bridgehead atoms. The zero-order valence-electron chi connectivity index (χ0n) is 15.1. The number of hydrogen-bond donors (Lipinski definition) is 0. The normalized spacial score (nSPS) is 29.1. The summed E-state index contributed by atoms with van der Waals surface area (Å²) >= 11 is 0. The molecule has 0 heterocycles. The molecule has 3 aliphatic carbocycles. The van der Waals surface area contributed by atoms with E-state index in [1.54, 1.807) is 22.3 Å².